The summed E-state index contributed by atoms with van der Waals surface area (Å²) in [6.45, 7) is 15.0. The van der Waals surface area contributed by atoms with Crippen LogP contribution in [0.4, 0.5) is 0 Å². The van der Waals surface area contributed by atoms with Crippen molar-refractivity contribution in [1.29, 1.82) is 0 Å². The second-order valence-corrected chi connectivity index (χ2v) is 12.7. The molecule has 3 fully saturated rings. The van der Waals surface area contributed by atoms with Gasteiger partial charge in [0.2, 0.25) is 0 Å². The molecule has 0 radical (unpaired) electrons. The molecule has 0 amide bonds. The minimum atomic E-state index is 0.312. The van der Waals surface area contributed by atoms with Gasteiger partial charge in [-0.05, 0) is 90.8 Å². The molecular weight excluding hydrogens is 364 g/mol. The number of ketones is 1. The molecule has 0 saturated heterocycles. The van der Waals surface area contributed by atoms with Gasteiger partial charge in [-0.3, -0.25) is 4.79 Å². The van der Waals surface area contributed by atoms with E-state index in [0.717, 1.165) is 54.8 Å². The van der Waals surface area contributed by atoms with Crippen LogP contribution in [-0.4, -0.2) is 5.78 Å². The van der Waals surface area contributed by atoms with Gasteiger partial charge in [-0.25, -0.2) is 0 Å². The molecule has 0 aromatic rings. The molecule has 4 rings (SSSR count). The Morgan fingerprint density at radius 1 is 1.03 bits per heavy atom. The van der Waals surface area contributed by atoms with Crippen molar-refractivity contribution < 1.29 is 4.79 Å². The summed E-state index contributed by atoms with van der Waals surface area (Å²) in [6.07, 6.45) is 16.6. The first kappa shape index (κ1) is 22.6. The van der Waals surface area contributed by atoms with E-state index in [1.807, 2.05) is 0 Å². The summed E-state index contributed by atoms with van der Waals surface area (Å²) in [5.74, 6) is 6.45. The van der Waals surface area contributed by atoms with Crippen molar-refractivity contribution in [2.45, 2.75) is 112 Å². The summed E-state index contributed by atoms with van der Waals surface area (Å²) in [7, 11) is 0. The standard InChI is InChI=1S/C29H48O/c1-7-21-17-22-18-23(30)13-15-28(22,5)26-14-16-29(6)24(11-12-25(29)27(21)26)20(4)10-8-9-19(2)3/h17,19-21,24-27H,7-16,18H2,1-6H3/t20?,21?,24?,25?,26?,27?,28-,29+/m0/s1. The molecule has 6 unspecified atom stereocenters. The molecule has 0 aromatic heterocycles. The van der Waals surface area contributed by atoms with Crippen molar-refractivity contribution in [1.82, 2.24) is 0 Å². The lowest BCUT2D eigenvalue weighted by atomic mass is 9.45. The van der Waals surface area contributed by atoms with Crippen LogP contribution in [0.1, 0.15) is 112 Å². The topological polar surface area (TPSA) is 17.1 Å². The van der Waals surface area contributed by atoms with Crippen molar-refractivity contribution in [3.8, 4) is 0 Å². The molecular formula is C29H48O. The molecule has 1 heteroatoms. The number of rotatable bonds is 6. The van der Waals surface area contributed by atoms with Crippen LogP contribution in [0.15, 0.2) is 11.6 Å². The van der Waals surface area contributed by atoms with Crippen molar-refractivity contribution >= 4 is 5.78 Å². The fourth-order valence-electron chi connectivity index (χ4n) is 9.05. The fraction of sp³-hybridized carbons (Fsp3) is 0.897. The van der Waals surface area contributed by atoms with Crippen molar-refractivity contribution in [2.24, 2.45) is 52.3 Å². The third-order valence-electron chi connectivity index (χ3n) is 10.8. The van der Waals surface area contributed by atoms with E-state index in [1.165, 1.54) is 56.9 Å². The zero-order valence-electron chi connectivity index (χ0n) is 20.8. The molecule has 0 heterocycles. The normalized spacial score (nSPS) is 44.3. The highest BCUT2D eigenvalue weighted by Crippen LogP contribution is 2.68. The molecule has 8 atom stereocenters. The molecule has 30 heavy (non-hydrogen) atoms. The Balaban J connectivity index is 1.57. The van der Waals surface area contributed by atoms with Crippen LogP contribution in [0, 0.1) is 52.3 Å². The van der Waals surface area contributed by atoms with E-state index in [2.05, 4.69) is 47.6 Å². The number of carbonyl (C=O) groups excluding carboxylic acids is 1. The Morgan fingerprint density at radius 2 is 1.80 bits per heavy atom. The zero-order chi connectivity index (χ0) is 21.7. The summed E-state index contributed by atoms with van der Waals surface area (Å²) < 4.78 is 0. The van der Waals surface area contributed by atoms with Crippen molar-refractivity contribution in [3.05, 3.63) is 11.6 Å². The van der Waals surface area contributed by atoms with Gasteiger partial charge in [0.25, 0.3) is 0 Å². The lowest BCUT2D eigenvalue weighted by Crippen LogP contribution is -2.53. The SMILES string of the molecule is CCC1C=C2CC(=O)CC[C@]2(C)C2CC[C@]3(C)C(C(C)CCCC(C)C)CCC3C12. The van der Waals surface area contributed by atoms with Gasteiger partial charge >= 0.3 is 0 Å². The Morgan fingerprint density at radius 3 is 2.50 bits per heavy atom. The molecule has 0 bridgehead atoms. The average Bonchev–Trinajstić information content (AvgIpc) is 3.05. The van der Waals surface area contributed by atoms with E-state index < -0.39 is 0 Å². The second-order valence-electron chi connectivity index (χ2n) is 12.7. The van der Waals surface area contributed by atoms with E-state index in [-0.39, 0.29) is 0 Å². The van der Waals surface area contributed by atoms with Gasteiger partial charge in [0.05, 0.1) is 0 Å². The predicted molar refractivity (Wildman–Crippen MR) is 127 cm³/mol. The Bertz CT molecular complexity index is 674. The van der Waals surface area contributed by atoms with E-state index in [1.54, 1.807) is 0 Å². The van der Waals surface area contributed by atoms with Gasteiger partial charge in [0.15, 0.2) is 0 Å². The largest absolute Gasteiger partial charge is 0.299 e. The molecule has 0 aliphatic heterocycles. The Labute approximate surface area is 186 Å². The van der Waals surface area contributed by atoms with E-state index in [4.69, 9.17) is 0 Å². The highest BCUT2D eigenvalue weighted by molar-refractivity contribution is 5.82. The number of carbonyl (C=O) groups is 1. The van der Waals surface area contributed by atoms with Crippen molar-refractivity contribution in [2.75, 3.05) is 0 Å². The molecule has 3 saturated carbocycles. The minimum Gasteiger partial charge on any atom is -0.299 e. The fourth-order valence-corrected chi connectivity index (χ4v) is 9.05. The molecule has 4 aliphatic carbocycles. The van der Waals surface area contributed by atoms with E-state index in [9.17, 15) is 4.79 Å². The quantitative estimate of drug-likeness (QED) is 0.401. The molecule has 0 spiro atoms. The summed E-state index contributed by atoms with van der Waals surface area (Å²) in [5, 5.41) is 0. The number of fused-ring (bicyclic) bond motifs is 5. The Hall–Kier alpha value is -0.590. The third kappa shape index (κ3) is 3.65. The van der Waals surface area contributed by atoms with Crippen molar-refractivity contribution in [3.63, 3.8) is 0 Å². The van der Waals surface area contributed by atoms with E-state index in [0.29, 0.717) is 22.5 Å². The highest BCUT2D eigenvalue weighted by atomic mass is 16.1. The van der Waals surface area contributed by atoms with Gasteiger partial charge in [-0.1, -0.05) is 72.5 Å². The summed E-state index contributed by atoms with van der Waals surface area (Å²) in [6, 6.07) is 0. The average molecular weight is 413 g/mol. The first-order valence-corrected chi connectivity index (χ1v) is 13.4. The molecule has 0 N–H and O–H groups in total. The monoisotopic (exact) mass is 412 g/mol. The molecule has 1 nitrogen and oxygen atoms in total. The van der Waals surface area contributed by atoms with Gasteiger partial charge in [0, 0.05) is 12.8 Å². The number of Topliss-reactive ketones (excluding diaryl/α,β-unsaturated/α-hetero) is 1. The maximum absolute atomic E-state index is 12.3. The number of hydrogen-bond donors (Lipinski definition) is 0. The molecule has 0 aromatic carbocycles. The molecule has 170 valence electrons. The van der Waals surface area contributed by atoms with Gasteiger partial charge in [0.1, 0.15) is 5.78 Å². The van der Waals surface area contributed by atoms with Crippen LogP contribution >= 0.6 is 0 Å². The smallest absolute Gasteiger partial charge is 0.136 e. The minimum absolute atomic E-state index is 0.312. The van der Waals surface area contributed by atoms with Crippen LogP contribution in [0.3, 0.4) is 0 Å². The lowest BCUT2D eigenvalue weighted by molar-refractivity contribution is -0.123. The van der Waals surface area contributed by atoms with E-state index >= 15 is 0 Å². The summed E-state index contributed by atoms with van der Waals surface area (Å²) in [4.78, 5) is 12.3. The number of allylic oxidation sites excluding steroid dienone is 2. The maximum Gasteiger partial charge on any atom is 0.136 e. The van der Waals surface area contributed by atoms with Crippen LogP contribution in [0.2, 0.25) is 0 Å². The molecule has 4 aliphatic rings. The van der Waals surface area contributed by atoms with Crippen LogP contribution in [0.5, 0.6) is 0 Å². The predicted octanol–water partition coefficient (Wildman–Crippen LogP) is 8.23. The summed E-state index contributed by atoms with van der Waals surface area (Å²) in [5.41, 5.74) is 2.40. The maximum atomic E-state index is 12.3. The summed E-state index contributed by atoms with van der Waals surface area (Å²) >= 11 is 0. The van der Waals surface area contributed by atoms with Gasteiger partial charge in [-0.15, -0.1) is 0 Å². The van der Waals surface area contributed by atoms with Gasteiger partial charge < -0.3 is 0 Å². The highest BCUT2D eigenvalue weighted by Gasteiger charge is 2.60. The second kappa shape index (κ2) is 8.40. The van der Waals surface area contributed by atoms with Crippen LogP contribution < -0.4 is 0 Å². The lowest BCUT2D eigenvalue weighted by Gasteiger charge is -2.60. The van der Waals surface area contributed by atoms with Gasteiger partial charge in [-0.2, -0.15) is 0 Å². The first-order valence-electron chi connectivity index (χ1n) is 13.4. The number of hydrogen-bond acceptors (Lipinski definition) is 1. The zero-order valence-corrected chi connectivity index (χ0v) is 20.8. The van der Waals surface area contributed by atoms with Crippen LogP contribution in [0.25, 0.3) is 0 Å². The third-order valence-corrected chi connectivity index (χ3v) is 10.8. The first-order chi connectivity index (χ1) is 14.2. The van der Waals surface area contributed by atoms with Crippen LogP contribution in [-0.2, 0) is 4.79 Å². The Kier molecular flexibility index (Phi) is 6.33.